The van der Waals surface area contributed by atoms with Gasteiger partial charge in [-0.15, -0.1) is 0 Å². The first-order valence-corrected chi connectivity index (χ1v) is 6.78. The maximum atomic E-state index is 11.3. The number of hydrogen-bond acceptors (Lipinski definition) is 1. The van der Waals surface area contributed by atoms with E-state index in [1.165, 1.54) is 5.56 Å². The molecule has 0 heterocycles. The molecule has 16 heavy (non-hydrogen) atoms. The average Bonchev–Trinajstić information content (AvgIpc) is 2.23. The Morgan fingerprint density at radius 3 is 2.38 bits per heavy atom. The first-order valence-electron chi connectivity index (χ1n) is 5.71. The van der Waals surface area contributed by atoms with Gasteiger partial charge in [0.05, 0.1) is 5.69 Å². The SMILES string of the molecule is CCc1ccc(N(C2CCC2)S(=O)O)cc1. The summed E-state index contributed by atoms with van der Waals surface area (Å²) in [6, 6.07) is 8.15. The first-order chi connectivity index (χ1) is 7.72. The van der Waals surface area contributed by atoms with Crippen molar-refractivity contribution >= 4 is 17.0 Å². The minimum atomic E-state index is -1.91. The van der Waals surface area contributed by atoms with E-state index in [9.17, 15) is 8.76 Å². The zero-order valence-electron chi connectivity index (χ0n) is 9.43. The monoisotopic (exact) mass is 239 g/mol. The number of nitrogens with zero attached hydrogens (tertiary/aromatic N) is 1. The second kappa shape index (κ2) is 4.97. The van der Waals surface area contributed by atoms with Crippen LogP contribution in [0.5, 0.6) is 0 Å². The average molecular weight is 239 g/mol. The molecule has 0 aromatic heterocycles. The van der Waals surface area contributed by atoms with Crippen LogP contribution in [0.4, 0.5) is 5.69 Å². The van der Waals surface area contributed by atoms with E-state index in [1.54, 1.807) is 4.31 Å². The minimum absolute atomic E-state index is 0.235. The van der Waals surface area contributed by atoms with Crippen LogP contribution in [0.25, 0.3) is 0 Å². The Balaban J connectivity index is 2.20. The lowest BCUT2D eigenvalue weighted by Crippen LogP contribution is -2.41. The third kappa shape index (κ3) is 2.28. The summed E-state index contributed by atoms with van der Waals surface area (Å²) in [6.45, 7) is 2.10. The molecule has 0 saturated heterocycles. The molecule has 88 valence electrons. The summed E-state index contributed by atoms with van der Waals surface area (Å²) in [4.78, 5) is 0. The smallest absolute Gasteiger partial charge is 0.262 e. The Labute approximate surface area is 98.9 Å². The normalized spacial score (nSPS) is 17.9. The summed E-state index contributed by atoms with van der Waals surface area (Å²) in [7, 11) is 0. The van der Waals surface area contributed by atoms with E-state index in [0.29, 0.717) is 0 Å². The fraction of sp³-hybridized carbons (Fsp3) is 0.500. The summed E-state index contributed by atoms with van der Waals surface area (Å²) in [5.74, 6) is 0. The lowest BCUT2D eigenvalue weighted by atomic mass is 9.93. The largest absolute Gasteiger partial charge is 0.289 e. The van der Waals surface area contributed by atoms with Crippen LogP contribution in [0, 0.1) is 0 Å². The third-order valence-electron chi connectivity index (χ3n) is 3.17. The second-order valence-corrected chi connectivity index (χ2v) is 5.02. The van der Waals surface area contributed by atoms with E-state index in [4.69, 9.17) is 0 Å². The number of hydrogen-bond donors (Lipinski definition) is 1. The van der Waals surface area contributed by atoms with Crippen LogP contribution < -0.4 is 4.31 Å². The van der Waals surface area contributed by atoms with Gasteiger partial charge in [-0.2, -0.15) is 0 Å². The molecule has 1 aliphatic carbocycles. The molecule has 1 aliphatic rings. The molecular weight excluding hydrogens is 222 g/mol. The van der Waals surface area contributed by atoms with E-state index in [0.717, 1.165) is 31.4 Å². The Morgan fingerprint density at radius 1 is 1.38 bits per heavy atom. The van der Waals surface area contributed by atoms with E-state index in [2.05, 4.69) is 6.92 Å². The highest BCUT2D eigenvalue weighted by Crippen LogP contribution is 2.30. The molecule has 1 unspecified atom stereocenters. The molecule has 0 amide bonds. The zero-order chi connectivity index (χ0) is 11.5. The quantitative estimate of drug-likeness (QED) is 0.821. The number of anilines is 1. The fourth-order valence-corrected chi connectivity index (χ4v) is 2.70. The van der Waals surface area contributed by atoms with Crippen molar-refractivity contribution in [2.24, 2.45) is 0 Å². The van der Waals surface area contributed by atoms with Gasteiger partial charge < -0.3 is 0 Å². The first kappa shape index (κ1) is 11.6. The molecule has 0 radical (unpaired) electrons. The highest BCUT2D eigenvalue weighted by atomic mass is 32.2. The van der Waals surface area contributed by atoms with E-state index in [1.807, 2.05) is 24.3 Å². The molecule has 1 aromatic rings. The second-order valence-electron chi connectivity index (χ2n) is 4.16. The van der Waals surface area contributed by atoms with Gasteiger partial charge in [-0.3, -0.25) is 8.86 Å². The van der Waals surface area contributed by atoms with Gasteiger partial charge >= 0.3 is 0 Å². The lowest BCUT2D eigenvalue weighted by Gasteiger charge is -2.35. The van der Waals surface area contributed by atoms with Gasteiger partial charge in [-0.05, 0) is 43.4 Å². The Morgan fingerprint density at radius 2 is 2.00 bits per heavy atom. The van der Waals surface area contributed by atoms with Crippen molar-refractivity contribution in [1.29, 1.82) is 0 Å². The molecule has 1 saturated carbocycles. The van der Waals surface area contributed by atoms with Crippen LogP contribution in [0.15, 0.2) is 24.3 Å². The molecule has 2 rings (SSSR count). The van der Waals surface area contributed by atoms with Crippen LogP contribution in [-0.2, 0) is 17.7 Å². The number of aryl methyl sites for hydroxylation is 1. The molecule has 3 nitrogen and oxygen atoms in total. The minimum Gasteiger partial charge on any atom is -0.289 e. The molecule has 4 heteroatoms. The van der Waals surface area contributed by atoms with Crippen LogP contribution >= 0.6 is 0 Å². The molecule has 1 aromatic carbocycles. The highest BCUT2D eigenvalue weighted by Gasteiger charge is 2.28. The molecule has 1 N–H and O–H groups in total. The Hall–Kier alpha value is -0.870. The Kier molecular flexibility index (Phi) is 3.61. The van der Waals surface area contributed by atoms with Crippen molar-refractivity contribution in [1.82, 2.24) is 0 Å². The summed E-state index contributed by atoms with van der Waals surface area (Å²) in [5.41, 5.74) is 2.10. The summed E-state index contributed by atoms with van der Waals surface area (Å²) in [5, 5.41) is 0. The lowest BCUT2D eigenvalue weighted by molar-refractivity contribution is 0.411. The van der Waals surface area contributed by atoms with Crippen molar-refractivity contribution in [2.75, 3.05) is 4.31 Å². The molecular formula is C12H17NO2S. The fourth-order valence-electron chi connectivity index (χ4n) is 1.93. The van der Waals surface area contributed by atoms with Crippen LogP contribution in [0.2, 0.25) is 0 Å². The van der Waals surface area contributed by atoms with E-state index >= 15 is 0 Å². The summed E-state index contributed by atoms with van der Waals surface area (Å²) >= 11 is -1.91. The molecule has 0 bridgehead atoms. The van der Waals surface area contributed by atoms with Gasteiger partial charge in [0.1, 0.15) is 0 Å². The predicted octanol–water partition coefficient (Wildman–Crippen LogP) is 2.74. The number of rotatable bonds is 4. The molecule has 0 aliphatic heterocycles. The van der Waals surface area contributed by atoms with Crippen molar-refractivity contribution in [3.8, 4) is 0 Å². The maximum Gasteiger partial charge on any atom is 0.262 e. The van der Waals surface area contributed by atoms with Crippen LogP contribution in [0.3, 0.4) is 0 Å². The van der Waals surface area contributed by atoms with Gasteiger partial charge in [0, 0.05) is 6.04 Å². The summed E-state index contributed by atoms with van der Waals surface area (Å²) in [6.07, 6.45) is 4.18. The van der Waals surface area contributed by atoms with Gasteiger partial charge in [-0.1, -0.05) is 19.1 Å². The predicted molar refractivity (Wildman–Crippen MR) is 66.7 cm³/mol. The van der Waals surface area contributed by atoms with Crippen LogP contribution in [-0.4, -0.2) is 14.8 Å². The van der Waals surface area contributed by atoms with Crippen molar-refractivity contribution in [2.45, 2.75) is 38.6 Å². The molecule has 1 fully saturated rings. The van der Waals surface area contributed by atoms with Crippen molar-refractivity contribution in [3.05, 3.63) is 29.8 Å². The van der Waals surface area contributed by atoms with Crippen molar-refractivity contribution in [3.63, 3.8) is 0 Å². The van der Waals surface area contributed by atoms with Gasteiger partial charge in [0.2, 0.25) is 0 Å². The van der Waals surface area contributed by atoms with Gasteiger partial charge in [-0.25, -0.2) is 4.21 Å². The zero-order valence-corrected chi connectivity index (χ0v) is 10.2. The van der Waals surface area contributed by atoms with Gasteiger partial charge in [0.25, 0.3) is 11.3 Å². The topological polar surface area (TPSA) is 40.5 Å². The van der Waals surface area contributed by atoms with Crippen molar-refractivity contribution < 1.29 is 8.76 Å². The highest BCUT2D eigenvalue weighted by molar-refractivity contribution is 7.80. The van der Waals surface area contributed by atoms with Gasteiger partial charge in [0.15, 0.2) is 0 Å². The standard InChI is InChI=1S/C12H17NO2S/c1-2-10-6-8-12(9-7-10)13(16(14)15)11-4-3-5-11/h6-9,11H,2-5H2,1H3,(H,14,15). The van der Waals surface area contributed by atoms with Crippen LogP contribution in [0.1, 0.15) is 31.7 Å². The Bertz CT molecular complexity index is 373. The maximum absolute atomic E-state index is 11.3. The van der Waals surface area contributed by atoms with E-state index in [-0.39, 0.29) is 6.04 Å². The molecule has 0 spiro atoms. The van der Waals surface area contributed by atoms with E-state index < -0.39 is 11.3 Å². The number of benzene rings is 1. The summed E-state index contributed by atoms with van der Waals surface area (Å²) < 4.78 is 22.3. The third-order valence-corrected chi connectivity index (χ3v) is 4.02. The molecule has 1 atom stereocenters.